The number of rotatable bonds is 9. The standard InChI is InChI=1S/C25H30N2O2/c1-4-27(5-2)16-9-17-29-22-14-12-21(13-15-22)24-19(3)23(26-25(24)28)18-20-10-7-6-8-11-20/h6-8,10-15,18H,4-5,9,16-17H2,1-3H3,(H,26,28)/b23-18-. The van der Waals surface area contributed by atoms with E-state index < -0.39 is 0 Å². The van der Waals surface area contributed by atoms with Crippen molar-refractivity contribution < 1.29 is 9.53 Å². The zero-order valence-electron chi connectivity index (χ0n) is 17.6. The first kappa shape index (κ1) is 20.9. The van der Waals surface area contributed by atoms with Crippen LogP contribution in [0.3, 0.4) is 0 Å². The zero-order chi connectivity index (χ0) is 20.6. The fourth-order valence-electron chi connectivity index (χ4n) is 3.53. The van der Waals surface area contributed by atoms with Crippen LogP contribution in [0.2, 0.25) is 0 Å². The number of ether oxygens (including phenoxy) is 1. The molecular weight excluding hydrogens is 360 g/mol. The van der Waals surface area contributed by atoms with Gasteiger partial charge in [0.1, 0.15) is 5.75 Å². The Morgan fingerprint density at radius 2 is 1.69 bits per heavy atom. The van der Waals surface area contributed by atoms with E-state index in [2.05, 4.69) is 24.1 Å². The lowest BCUT2D eigenvalue weighted by atomic mass is 10.0. The molecule has 0 fully saturated rings. The van der Waals surface area contributed by atoms with Crippen LogP contribution in [-0.4, -0.2) is 37.0 Å². The molecule has 0 bridgehead atoms. The largest absolute Gasteiger partial charge is 0.494 e. The second-order valence-corrected chi connectivity index (χ2v) is 7.18. The highest BCUT2D eigenvalue weighted by molar-refractivity contribution is 6.25. The number of carbonyl (C=O) groups excluding carboxylic acids is 1. The van der Waals surface area contributed by atoms with Crippen LogP contribution in [0.4, 0.5) is 0 Å². The van der Waals surface area contributed by atoms with Gasteiger partial charge in [-0.3, -0.25) is 4.79 Å². The van der Waals surface area contributed by atoms with Crippen molar-refractivity contribution >= 4 is 17.6 Å². The summed E-state index contributed by atoms with van der Waals surface area (Å²) in [5.41, 5.74) is 4.52. The highest BCUT2D eigenvalue weighted by atomic mass is 16.5. The van der Waals surface area contributed by atoms with Crippen LogP contribution in [0.25, 0.3) is 11.6 Å². The van der Waals surface area contributed by atoms with Gasteiger partial charge in [-0.25, -0.2) is 0 Å². The number of benzene rings is 2. The van der Waals surface area contributed by atoms with E-state index in [1.165, 1.54) is 0 Å². The third kappa shape index (κ3) is 5.36. The molecule has 1 heterocycles. The van der Waals surface area contributed by atoms with Crippen molar-refractivity contribution in [2.45, 2.75) is 27.2 Å². The Bertz CT molecular complexity index is 879. The van der Waals surface area contributed by atoms with E-state index in [0.29, 0.717) is 6.61 Å². The quantitative estimate of drug-likeness (QED) is 0.629. The second kappa shape index (κ2) is 10.1. The van der Waals surface area contributed by atoms with Crippen LogP contribution in [-0.2, 0) is 4.79 Å². The minimum atomic E-state index is -0.0578. The van der Waals surface area contributed by atoms with E-state index in [9.17, 15) is 4.79 Å². The highest BCUT2D eigenvalue weighted by Crippen LogP contribution is 2.30. The first-order valence-corrected chi connectivity index (χ1v) is 10.4. The summed E-state index contributed by atoms with van der Waals surface area (Å²) in [7, 11) is 0. The Kier molecular flexibility index (Phi) is 7.25. The average Bonchev–Trinajstić information content (AvgIpc) is 3.02. The maximum Gasteiger partial charge on any atom is 0.256 e. The summed E-state index contributed by atoms with van der Waals surface area (Å²) in [5.74, 6) is 0.780. The Morgan fingerprint density at radius 1 is 1.00 bits per heavy atom. The van der Waals surface area contributed by atoms with Crippen molar-refractivity contribution in [3.63, 3.8) is 0 Å². The van der Waals surface area contributed by atoms with E-state index in [4.69, 9.17) is 4.74 Å². The number of amides is 1. The molecule has 1 N–H and O–H groups in total. The van der Waals surface area contributed by atoms with Gasteiger partial charge in [-0.1, -0.05) is 56.3 Å². The first-order valence-electron chi connectivity index (χ1n) is 10.4. The van der Waals surface area contributed by atoms with Crippen LogP contribution >= 0.6 is 0 Å². The van der Waals surface area contributed by atoms with Crippen LogP contribution in [0.5, 0.6) is 5.75 Å². The van der Waals surface area contributed by atoms with Crippen molar-refractivity contribution in [2.24, 2.45) is 0 Å². The number of carbonyl (C=O) groups is 1. The van der Waals surface area contributed by atoms with E-state index in [0.717, 1.165) is 59.8 Å². The summed E-state index contributed by atoms with van der Waals surface area (Å²) in [5, 5.41) is 2.99. The average molecular weight is 391 g/mol. The molecule has 1 aliphatic heterocycles. The summed E-state index contributed by atoms with van der Waals surface area (Å²) in [6.07, 6.45) is 3.01. The third-order valence-corrected chi connectivity index (χ3v) is 5.29. The predicted molar refractivity (Wildman–Crippen MR) is 119 cm³/mol. The summed E-state index contributed by atoms with van der Waals surface area (Å²) in [4.78, 5) is 14.9. The zero-order valence-corrected chi connectivity index (χ0v) is 17.6. The molecule has 29 heavy (non-hydrogen) atoms. The molecule has 0 radical (unpaired) electrons. The van der Waals surface area contributed by atoms with Crippen molar-refractivity contribution in [1.29, 1.82) is 0 Å². The van der Waals surface area contributed by atoms with Gasteiger partial charge in [-0.15, -0.1) is 0 Å². The maximum absolute atomic E-state index is 12.6. The van der Waals surface area contributed by atoms with Gasteiger partial charge in [-0.05, 0) is 61.3 Å². The molecule has 0 unspecified atom stereocenters. The maximum atomic E-state index is 12.6. The molecule has 2 aromatic carbocycles. The molecular formula is C25H30N2O2. The van der Waals surface area contributed by atoms with E-state index in [1.807, 2.05) is 67.6 Å². The molecule has 0 aromatic heterocycles. The summed E-state index contributed by atoms with van der Waals surface area (Å²) < 4.78 is 5.86. The van der Waals surface area contributed by atoms with E-state index in [-0.39, 0.29) is 5.91 Å². The number of nitrogens with zero attached hydrogens (tertiary/aromatic N) is 1. The van der Waals surface area contributed by atoms with Gasteiger partial charge >= 0.3 is 0 Å². The monoisotopic (exact) mass is 390 g/mol. The van der Waals surface area contributed by atoms with E-state index >= 15 is 0 Å². The van der Waals surface area contributed by atoms with Crippen molar-refractivity contribution in [1.82, 2.24) is 10.2 Å². The molecule has 4 heteroatoms. The Morgan fingerprint density at radius 3 is 2.34 bits per heavy atom. The van der Waals surface area contributed by atoms with Crippen LogP contribution < -0.4 is 10.1 Å². The fourth-order valence-corrected chi connectivity index (χ4v) is 3.53. The normalized spacial score (nSPS) is 15.3. The van der Waals surface area contributed by atoms with Crippen LogP contribution in [0.1, 0.15) is 38.3 Å². The molecule has 0 atom stereocenters. The Balaban J connectivity index is 1.65. The topological polar surface area (TPSA) is 41.6 Å². The number of nitrogens with one attached hydrogen (secondary N) is 1. The van der Waals surface area contributed by atoms with E-state index in [1.54, 1.807) is 0 Å². The number of hydrogen-bond donors (Lipinski definition) is 1. The SMILES string of the molecule is CCN(CC)CCCOc1ccc(C2=C(C)/C(=C/c3ccccc3)NC2=O)cc1. The molecule has 0 saturated heterocycles. The smallest absolute Gasteiger partial charge is 0.256 e. The predicted octanol–water partition coefficient (Wildman–Crippen LogP) is 4.74. The fraction of sp³-hybridized carbons (Fsp3) is 0.320. The number of hydrogen-bond acceptors (Lipinski definition) is 3. The Labute approximate surface area is 173 Å². The molecule has 3 rings (SSSR count). The molecule has 2 aromatic rings. The van der Waals surface area contributed by atoms with Gasteiger partial charge in [0.05, 0.1) is 12.2 Å². The molecule has 1 amide bonds. The second-order valence-electron chi connectivity index (χ2n) is 7.18. The van der Waals surface area contributed by atoms with Gasteiger partial charge in [0.2, 0.25) is 0 Å². The molecule has 152 valence electrons. The van der Waals surface area contributed by atoms with Gasteiger partial charge in [0, 0.05) is 12.2 Å². The van der Waals surface area contributed by atoms with Gasteiger partial charge in [-0.2, -0.15) is 0 Å². The van der Waals surface area contributed by atoms with Gasteiger partial charge < -0.3 is 15.0 Å². The van der Waals surface area contributed by atoms with Gasteiger partial charge in [0.15, 0.2) is 0 Å². The molecule has 4 nitrogen and oxygen atoms in total. The minimum absolute atomic E-state index is 0.0578. The molecule has 0 aliphatic carbocycles. The summed E-state index contributed by atoms with van der Waals surface area (Å²) in [6, 6.07) is 17.8. The van der Waals surface area contributed by atoms with Crippen molar-refractivity contribution in [2.75, 3.05) is 26.2 Å². The lowest BCUT2D eigenvalue weighted by molar-refractivity contribution is -0.114. The lowest BCUT2D eigenvalue weighted by Gasteiger charge is -2.17. The van der Waals surface area contributed by atoms with Crippen LogP contribution in [0.15, 0.2) is 65.9 Å². The minimum Gasteiger partial charge on any atom is -0.494 e. The van der Waals surface area contributed by atoms with Crippen LogP contribution in [0, 0.1) is 0 Å². The molecule has 0 spiro atoms. The third-order valence-electron chi connectivity index (χ3n) is 5.29. The summed E-state index contributed by atoms with van der Waals surface area (Å²) >= 11 is 0. The Hall–Kier alpha value is -2.85. The summed E-state index contributed by atoms with van der Waals surface area (Å²) in [6.45, 7) is 10.2. The number of allylic oxidation sites excluding steroid dienone is 1. The van der Waals surface area contributed by atoms with Crippen molar-refractivity contribution in [3.05, 3.63) is 77.0 Å². The van der Waals surface area contributed by atoms with Crippen molar-refractivity contribution in [3.8, 4) is 5.75 Å². The van der Waals surface area contributed by atoms with Gasteiger partial charge in [0.25, 0.3) is 5.91 Å². The highest BCUT2D eigenvalue weighted by Gasteiger charge is 2.25. The lowest BCUT2D eigenvalue weighted by Crippen LogP contribution is -2.25. The molecule has 0 saturated carbocycles. The molecule has 1 aliphatic rings. The first-order chi connectivity index (χ1) is 14.1.